The van der Waals surface area contributed by atoms with Crippen molar-refractivity contribution in [3.8, 4) is 0 Å². The van der Waals surface area contributed by atoms with Crippen LogP contribution in [0.4, 0.5) is 0 Å². The molecule has 0 atom stereocenters. The minimum atomic E-state index is 0.655. The van der Waals surface area contributed by atoms with E-state index in [1.54, 1.807) is 0 Å². The summed E-state index contributed by atoms with van der Waals surface area (Å²) in [6.45, 7) is 8.38. The zero-order valence-corrected chi connectivity index (χ0v) is 9.29. The van der Waals surface area contributed by atoms with Crippen molar-refractivity contribution in [1.82, 2.24) is 10.2 Å². The van der Waals surface area contributed by atoms with Crippen molar-refractivity contribution in [2.75, 3.05) is 26.2 Å². The summed E-state index contributed by atoms with van der Waals surface area (Å²) in [4.78, 5) is 2.56. The fourth-order valence-corrected chi connectivity index (χ4v) is 2.74. The molecule has 2 nitrogen and oxygen atoms in total. The van der Waals surface area contributed by atoms with Gasteiger partial charge in [-0.05, 0) is 18.1 Å². The van der Waals surface area contributed by atoms with Crippen molar-refractivity contribution in [3.63, 3.8) is 0 Å². The average molecular weight is 202 g/mol. The predicted molar refractivity (Wildman–Crippen MR) is 61.8 cm³/mol. The van der Waals surface area contributed by atoms with E-state index < -0.39 is 0 Å². The lowest BCUT2D eigenvalue weighted by molar-refractivity contribution is -0.0445. The number of aryl methyl sites for hydroxylation is 1. The zero-order chi connectivity index (χ0) is 10.3. The Balaban J connectivity index is 1.61. The van der Waals surface area contributed by atoms with E-state index in [1.807, 2.05) is 0 Å². The fourth-order valence-electron chi connectivity index (χ4n) is 2.74. The largest absolute Gasteiger partial charge is 0.315 e. The van der Waals surface area contributed by atoms with E-state index >= 15 is 0 Å². The number of rotatable bonds is 2. The molecule has 2 fully saturated rings. The van der Waals surface area contributed by atoms with Crippen molar-refractivity contribution in [3.05, 3.63) is 35.4 Å². The molecule has 2 saturated heterocycles. The first-order chi connectivity index (χ1) is 7.27. The van der Waals surface area contributed by atoms with Gasteiger partial charge in [0.15, 0.2) is 0 Å². The van der Waals surface area contributed by atoms with E-state index in [0.29, 0.717) is 5.41 Å². The summed E-state index contributed by atoms with van der Waals surface area (Å²) >= 11 is 0. The van der Waals surface area contributed by atoms with Crippen LogP contribution in [0.25, 0.3) is 0 Å². The van der Waals surface area contributed by atoms with Crippen molar-refractivity contribution in [2.24, 2.45) is 5.41 Å². The van der Waals surface area contributed by atoms with Crippen LogP contribution in [0.2, 0.25) is 0 Å². The van der Waals surface area contributed by atoms with Gasteiger partial charge in [0.05, 0.1) is 0 Å². The van der Waals surface area contributed by atoms with Gasteiger partial charge in [-0.15, -0.1) is 0 Å². The van der Waals surface area contributed by atoms with Crippen molar-refractivity contribution in [2.45, 2.75) is 13.5 Å². The second-order valence-electron chi connectivity index (χ2n) is 5.18. The van der Waals surface area contributed by atoms with E-state index in [0.717, 1.165) is 6.54 Å². The lowest BCUT2D eigenvalue weighted by Crippen LogP contribution is -2.70. The zero-order valence-electron chi connectivity index (χ0n) is 9.29. The predicted octanol–water partition coefficient (Wildman–Crippen LogP) is 1.40. The third-order valence-corrected chi connectivity index (χ3v) is 3.77. The van der Waals surface area contributed by atoms with Gasteiger partial charge in [0.25, 0.3) is 0 Å². The minimum Gasteiger partial charge on any atom is -0.315 e. The summed E-state index contributed by atoms with van der Waals surface area (Å²) in [6.07, 6.45) is 0. The molecule has 80 valence electrons. The Labute approximate surface area is 91.3 Å². The molecule has 2 aliphatic rings. The van der Waals surface area contributed by atoms with E-state index in [2.05, 4.69) is 41.4 Å². The summed E-state index contributed by atoms with van der Waals surface area (Å²) in [5.41, 5.74) is 3.56. The van der Waals surface area contributed by atoms with Crippen LogP contribution in [0.1, 0.15) is 11.1 Å². The maximum absolute atomic E-state index is 3.37. The smallest absolute Gasteiger partial charge is 0.0236 e. The van der Waals surface area contributed by atoms with Crippen LogP contribution in [0, 0.1) is 12.3 Å². The summed E-state index contributed by atoms with van der Waals surface area (Å²) < 4.78 is 0. The molecule has 3 rings (SSSR count). The maximum atomic E-state index is 3.37. The van der Waals surface area contributed by atoms with E-state index in [-0.39, 0.29) is 0 Å². The number of likely N-dealkylation sites (tertiary alicyclic amines) is 1. The summed E-state index contributed by atoms with van der Waals surface area (Å²) in [6, 6.07) is 8.71. The molecular weight excluding hydrogens is 184 g/mol. The summed E-state index contributed by atoms with van der Waals surface area (Å²) in [7, 11) is 0. The van der Waals surface area contributed by atoms with Gasteiger partial charge in [-0.1, -0.05) is 24.3 Å². The molecule has 0 bridgehead atoms. The molecule has 15 heavy (non-hydrogen) atoms. The first-order valence-corrected chi connectivity index (χ1v) is 5.75. The Morgan fingerprint density at radius 2 is 2.00 bits per heavy atom. The number of hydrogen-bond donors (Lipinski definition) is 1. The highest BCUT2D eigenvalue weighted by Gasteiger charge is 2.47. The van der Waals surface area contributed by atoms with E-state index in [1.165, 1.54) is 37.3 Å². The van der Waals surface area contributed by atoms with Crippen LogP contribution in [-0.4, -0.2) is 31.1 Å². The molecule has 1 N–H and O–H groups in total. The monoisotopic (exact) mass is 202 g/mol. The van der Waals surface area contributed by atoms with Gasteiger partial charge in [-0.3, -0.25) is 4.90 Å². The Hall–Kier alpha value is -0.860. The summed E-state index contributed by atoms with van der Waals surface area (Å²) in [5.74, 6) is 0. The third-order valence-electron chi connectivity index (χ3n) is 3.77. The molecule has 0 aliphatic carbocycles. The van der Waals surface area contributed by atoms with Gasteiger partial charge in [0.2, 0.25) is 0 Å². The number of nitrogens with one attached hydrogen (secondary N) is 1. The Kier molecular flexibility index (Phi) is 2.08. The van der Waals surface area contributed by atoms with Crippen molar-refractivity contribution < 1.29 is 0 Å². The highest BCUT2D eigenvalue weighted by molar-refractivity contribution is 5.26. The molecular formula is C13H18N2. The van der Waals surface area contributed by atoms with Gasteiger partial charge in [-0.2, -0.15) is 0 Å². The summed E-state index contributed by atoms with van der Waals surface area (Å²) in [5, 5.41) is 3.37. The first-order valence-electron chi connectivity index (χ1n) is 5.75. The Morgan fingerprint density at radius 1 is 1.27 bits per heavy atom. The molecule has 1 aromatic carbocycles. The van der Waals surface area contributed by atoms with Crippen LogP contribution < -0.4 is 5.32 Å². The standard InChI is InChI=1S/C13H18N2/c1-11-4-2-3-5-12(11)6-15-9-13(10-15)7-14-8-13/h2-5,14H,6-10H2,1H3. The third kappa shape index (κ3) is 1.58. The molecule has 2 aliphatic heterocycles. The van der Waals surface area contributed by atoms with Crippen molar-refractivity contribution >= 4 is 0 Å². The Bertz CT molecular complexity index is 361. The lowest BCUT2D eigenvalue weighted by atomic mass is 9.74. The second kappa shape index (κ2) is 3.32. The molecule has 2 heteroatoms. The van der Waals surface area contributed by atoms with E-state index in [4.69, 9.17) is 0 Å². The molecule has 0 amide bonds. The second-order valence-corrected chi connectivity index (χ2v) is 5.18. The quantitative estimate of drug-likeness (QED) is 0.780. The molecule has 0 unspecified atom stereocenters. The number of benzene rings is 1. The van der Waals surface area contributed by atoms with Crippen LogP contribution in [-0.2, 0) is 6.54 Å². The highest BCUT2D eigenvalue weighted by atomic mass is 15.3. The molecule has 0 saturated carbocycles. The minimum absolute atomic E-state index is 0.655. The number of hydrogen-bond acceptors (Lipinski definition) is 2. The van der Waals surface area contributed by atoms with Crippen LogP contribution in [0.3, 0.4) is 0 Å². The number of nitrogens with zero attached hydrogens (tertiary/aromatic N) is 1. The lowest BCUT2D eigenvalue weighted by Gasteiger charge is -2.56. The van der Waals surface area contributed by atoms with Crippen molar-refractivity contribution in [1.29, 1.82) is 0 Å². The molecule has 1 aromatic rings. The SMILES string of the molecule is Cc1ccccc1CN1CC2(CNC2)C1. The molecule has 1 spiro atoms. The maximum Gasteiger partial charge on any atom is 0.0236 e. The molecule has 2 heterocycles. The molecule has 0 radical (unpaired) electrons. The Morgan fingerprint density at radius 3 is 2.60 bits per heavy atom. The average Bonchev–Trinajstić information content (AvgIpc) is 2.10. The topological polar surface area (TPSA) is 15.3 Å². The van der Waals surface area contributed by atoms with Crippen LogP contribution in [0.5, 0.6) is 0 Å². The van der Waals surface area contributed by atoms with Gasteiger partial charge >= 0.3 is 0 Å². The van der Waals surface area contributed by atoms with Gasteiger partial charge in [0.1, 0.15) is 0 Å². The highest BCUT2D eigenvalue weighted by Crippen LogP contribution is 2.35. The first kappa shape index (κ1) is 9.37. The fraction of sp³-hybridized carbons (Fsp3) is 0.538. The van der Waals surface area contributed by atoms with Gasteiger partial charge in [-0.25, -0.2) is 0 Å². The van der Waals surface area contributed by atoms with Crippen LogP contribution in [0.15, 0.2) is 24.3 Å². The van der Waals surface area contributed by atoms with Crippen LogP contribution >= 0.6 is 0 Å². The van der Waals surface area contributed by atoms with Gasteiger partial charge < -0.3 is 5.32 Å². The van der Waals surface area contributed by atoms with Gasteiger partial charge in [0, 0.05) is 38.1 Å². The molecule has 0 aromatic heterocycles. The normalized spacial score (nSPS) is 23.5. The van der Waals surface area contributed by atoms with E-state index in [9.17, 15) is 0 Å².